The van der Waals surface area contributed by atoms with E-state index >= 15 is 0 Å². The smallest absolute Gasteiger partial charge is 0.311 e. The number of nitro benzene ring substituents is 2. The molecule has 37 heavy (non-hydrogen) atoms. The van der Waals surface area contributed by atoms with Gasteiger partial charge in [-0.1, -0.05) is 29.5 Å². The molecule has 0 bridgehead atoms. The van der Waals surface area contributed by atoms with Crippen LogP contribution in [0.1, 0.15) is 16.1 Å². The van der Waals surface area contributed by atoms with Gasteiger partial charge in [0.05, 0.1) is 9.85 Å². The second-order valence-electron chi connectivity index (χ2n) is 7.72. The summed E-state index contributed by atoms with van der Waals surface area (Å²) in [5, 5.41) is 29.2. The summed E-state index contributed by atoms with van der Waals surface area (Å²) in [5.74, 6) is -1.64. The van der Waals surface area contributed by atoms with Crippen LogP contribution in [0.5, 0.6) is 5.75 Å². The zero-order chi connectivity index (χ0) is 26.5. The number of aryl methyl sites for hydroxylation is 1. The van der Waals surface area contributed by atoms with E-state index < -0.39 is 27.3 Å². The van der Waals surface area contributed by atoms with Gasteiger partial charge in [0.1, 0.15) is 5.82 Å². The molecular weight excluding hydrogens is 505 g/mol. The maximum atomic E-state index is 13.5. The summed E-state index contributed by atoms with van der Waals surface area (Å²) < 4.78 is 20.0. The fourth-order valence-corrected chi connectivity index (χ4v) is 4.11. The van der Waals surface area contributed by atoms with Gasteiger partial charge in [0.25, 0.3) is 11.6 Å². The van der Waals surface area contributed by atoms with Crippen LogP contribution in [0, 0.1) is 33.0 Å². The second kappa shape index (κ2) is 10.9. The molecule has 1 aromatic heterocycles. The zero-order valence-corrected chi connectivity index (χ0v) is 20.0. The molecule has 3 aromatic carbocycles. The van der Waals surface area contributed by atoms with Crippen LogP contribution in [0.25, 0.3) is 0 Å². The first-order chi connectivity index (χ1) is 17.7. The van der Waals surface area contributed by atoms with Gasteiger partial charge in [0, 0.05) is 45.9 Å². The summed E-state index contributed by atoms with van der Waals surface area (Å²) in [7, 11) is 0. The van der Waals surface area contributed by atoms with Crippen LogP contribution in [-0.2, 0) is 6.73 Å². The SMILES string of the molecule is Cc1ccc(Sc2cc(NC(=O)c3ccn(COc4cc(F)ccc4[N+](=O)[O-])n3)cc([N+](=O)[O-])c2)cc1. The minimum Gasteiger partial charge on any atom is -0.464 e. The summed E-state index contributed by atoms with van der Waals surface area (Å²) >= 11 is 1.31. The van der Waals surface area contributed by atoms with Crippen molar-refractivity contribution in [2.75, 3.05) is 5.32 Å². The van der Waals surface area contributed by atoms with Crippen LogP contribution in [0.3, 0.4) is 0 Å². The summed E-state index contributed by atoms with van der Waals surface area (Å²) in [6, 6.07) is 16.1. The van der Waals surface area contributed by atoms with Crippen molar-refractivity contribution < 1.29 is 23.8 Å². The van der Waals surface area contributed by atoms with Gasteiger partial charge >= 0.3 is 5.69 Å². The number of benzene rings is 3. The number of amides is 1. The minimum absolute atomic E-state index is 0.0309. The Balaban J connectivity index is 1.47. The Labute approximate surface area is 213 Å². The quantitative estimate of drug-likeness (QED) is 0.221. The van der Waals surface area contributed by atoms with Gasteiger partial charge in [-0.05, 0) is 37.3 Å². The lowest BCUT2D eigenvalue weighted by Gasteiger charge is -2.08. The molecule has 0 aliphatic rings. The van der Waals surface area contributed by atoms with Gasteiger partial charge in [-0.2, -0.15) is 5.10 Å². The maximum Gasteiger partial charge on any atom is 0.311 e. The molecule has 0 saturated heterocycles. The molecule has 0 radical (unpaired) electrons. The second-order valence-corrected chi connectivity index (χ2v) is 8.87. The first-order valence-electron chi connectivity index (χ1n) is 10.6. The number of nitrogens with zero attached hydrogens (tertiary/aromatic N) is 4. The Morgan fingerprint density at radius 1 is 1.03 bits per heavy atom. The molecule has 0 aliphatic heterocycles. The summed E-state index contributed by atoms with van der Waals surface area (Å²) in [5.41, 5.74) is 0.640. The van der Waals surface area contributed by atoms with Crippen LogP contribution in [-0.4, -0.2) is 25.5 Å². The first kappa shape index (κ1) is 25.3. The van der Waals surface area contributed by atoms with Crippen molar-refractivity contribution in [3.63, 3.8) is 0 Å². The Hall–Kier alpha value is -4.78. The molecule has 1 heterocycles. The number of carbonyl (C=O) groups is 1. The van der Waals surface area contributed by atoms with Crippen LogP contribution < -0.4 is 10.1 Å². The highest BCUT2D eigenvalue weighted by Gasteiger charge is 2.18. The van der Waals surface area contributed by atoms with E-state index in [4.69, 9.17) is 4.74 Å². The normalized spacial score (nSPS) is 10.6. The minimum atomic E-state index is -0.710. The standard InChI is InChI=1S/C24H18FN5O6S/c1-15-2-5-19(6-3-15)37-20-12-17(11-18(13-20)29(32)33)26-24(31)21-8-9-28(27-21)14-36-23-10-16(25)4-7-22(23)30(34)35/h2-13H,14H2,1H3,(H,26,31). The molecular formula is C24H18FN5O6S. The van der Waals surface area contributed by atoms with Gasteiger partial charge in [-0.15, -0.1) is 0 Å². The predicted molar refractivity (Wildman–Crippen MR) is 132 cm³/mol. The van der Waals surface area contributed by atoms with Gasteiger partial charge in [-0.25, -0.2) is 9.07 Å². The number of ether oxygens (including phenoxy) is 1. The van der Waals surface area contributed by atoms with Gasteiger partial charge < -0.3 is 10.1 Å². The van der Waals surface area contributed by atoms with E-state index in [0.717, 1.165) is 28.7 Å². The molecule has 0 unspecified atom stereocenters. The summed E-state index contributed by atoms with van der Waals surface area (Å²) in [4.78, 5) is 35.4. The lowest BCUT2D eigenvalue weighted by Crippen LogP contribution is -2.14. The van der Waals surface area contributed by atoms with Crippen molar-refractivity contribution in [3.8, 4) is 5.75 Å². The molecule has 0 saturated carbocycles. The number of halogens is 1. The largest absolute Gasteiger partial charge is 0.464 e. The van der Waals surface area contributed by atoms with Gasteiger partial charge in [0.15, 0.2) is 12.4 Å². The predicted octanol–water partition coefficient (Wildman–Crippen LogP) is 5.59. The number of hydrogen-bond acceptors (Lipinski definition) is 8. The molecule has 0 aliphatic carbocycles. The average Bonchev–Trinajstić information content (AvgIpc) is 3.33. The number of carbonyl (C=O) groups excluding carboxylic acids is 1. The number of aromatic nitrogens is 2. The van der Waals surface area contributed by atoms with E-state index in [1.807, 2.05) is 31.2 Å². The topological polar surface area (TPSA) is 142 Å². The fourth-order valence-electron chi connectivity index (χ4n) is 3.20. The molecule has 0 atom stereocenters. The van der Waals surface area contributed by atoms with E-state index in [1.54, 1.807) is 6.07 Å². The van der Waals surface area contributed by atoms with Crippen LogP contribution in [0.2, 0.25) is 0 Å². The molecule has 1 N–H and O–H groups in total. The molecule has 0 spiro atoms. The Morgan fingerprint density at radius 2 is 1.78 bits per heavy atom. The van der Waals surface area contributed by atoms with Gasteiger partial charge in [0.2, 0.25) is 5.75 Å². The Kier molecular flexibility index (Phi) is 7.44. The molecule has 13 heteroatoms. The monoisotopic (exact) mass is 523 g/mol. The molecule has 1 amide bonds. The highest BCUT2D eigenvalue weighted by molar-refractivity contribution is 7.99. The summed E-state index contributed by atoms with van der Waals surface area (Å²) in [6.07, 6.45) is 1.39. The average molecular weight is 524 g/mol. The van der Waals surface area contributed by atoms with E-state index in [0.29, 0.717) is 4.90 Å². The Morgan fingerprint density at radius 3 is 2.49 bits per heavy atom. The fraction of sp³-hybridized carbons (Fsp3) is 0.0833. The zero-order valence-electron chi connectivity index (χ0n) is 19.2. The third kappa shape index (κ3) is 6.46. The molecule has 4 aromatic rings. The van der Waals surface area contributed by atoms with Crippen molar-refractivity contribution in [2.24, 2.45) is 0 Å². The van der Waals surface area contributed by atoms with E-state index in [1.165, 1.54) is 40.8 Å². The molecule has 0 fully saturated rings. The van der Waals surface area contributed by atoms with Crippen LogP contribution in [0.15, 0.2) is 82.7 Å². The summed E-state index contributed by atoms with van der Waals surface area (Å²) in [6.45, 7) is 1.62. The van der Waals surface area contributed by atoms with Crippen molar-refractivity contribution in [1.29, 1.82) is 0 Å². The number of rotatable bonds is 9. The van der Waals surface area contributed by atoms with Crippen LogP contribution in [0.4, 0.5) is 21.5 Å². The maximum absolute atomic E-state index is 13.5. The van der Waals surface area contributed by atoms with Crippen molar-refractivity contribution in [2.45, 2.75) is 23.4 Å². The lowest BCUT2D eigenvalue weighted by molar-refractivity contribution is -0.386. The number of nitrogens with one attached hydrogen (secondary N) is 1. The molecule has 11 nitrogen and oxygen atoms in total. The number of nitro groups is 2. The first-order valence-corrected chi connectivity index (χ1v) is 11.4. The molecule has 4 rings (SSSR count). The number of anilines is 1. The lowest BCUT2D eigenvalue weighted by atomic mass is 10.2. The molecule has 188 valence electrons. The number of hydrogen-bond donors (Lipinski definition) is 1. The van der Waals surface area contributed by atoms with E-state index in [-0.39, 0.29) is 29.5 Å². The van der Waals surface area contributed by atoms with E-state index in [9.17, 15) is 29.4 Å². The van der Waals surface area contributed by atoms with Gasteiger partial charge in [-0.3, -0.25) is 25.0 Å². The highest BCUT2D eigenvalue weighted by Crippen LogP contribution is 2.33. The van der Waals surface area contributed by atoms with Crippen molar-refractivity contribution in [1.82, 2.24) is 9.78 Å². The van der Waals surface area contributed by atoms with Crippen LogP contribution >= 0.6 is 11.8 Å². The third-order valence-electron chi connectivity index (χ3n) is 4.96. The van der Waals surface area contributed by atoms with Crippen molar-refractivity contribution in [3.05, 3.63) is 110 Å². The van der Waals surface area contributed by atoms with E-state index in [2.05, 4.69) is 10.4 Å². The third-order valence-corrected chi connectivity index (χ3v) is 5.94. The van der Waals surface area contributed by atoms with Crippen molar-refractivity contribution >= 4 is 34.7 Å². The highest BCUT2D eigenvalue weighted by atomic mass is 32.2. The number of non-ortho nitro benzene ring substituents is 1. The Bertz CT molecular complexity index is 1490.